The highest BCUT2D eigenvalue weighted by atomic mass is 32.1. The molecule has 2 rings (SSSR count). The smallest absolute Gasteiger partial charge is 0.239 e. The molecular formula is C12H17N3O2S. The summed E-state index contributed by atoms with van der Waals surface area (Å²) in [6.45, 7) is 9.62. The second-order valence-corrected chi connectivity index (χ2v) is 6.68. The van der Waals surface area contributed by atoms with E-state index in [0.29, 0.717) is 5.13 Å². The highest BCUT2D eigenvalue weighted by molar-refractivity contribution is 7.15. The molecule has 1 saturated heterocycles. The Labute approximate surface area is 110 Å². The van der Waals surface area contributed by atoms with Gasteiger partial charge in [0.1, 0.15) is 5.01 Å². The minimum atomic E-state index is -0.278. The van der Waals surface area contributed by atoms with Crippen LogP contribution in [-0.2, 0) is 15.0 Å². The van der Waals surface area contributed by atoms with Gasteiger partial charge in [0.25, 0.3) is 0 Å². The first-order valence-electron chi connectivity index (χ1n) is 5.95. The number of anilines is 1. The van der Waals surface area contributed by atoms with Crippen molar-refractivity contribution in [3.05, 3.63) is 5.01 Å². The summed E-state index contributed by atoms with van der Waals surface area (Å²) in [5, 5.41) is 9.28. The van der Waals surface area contributed by atoms with Crippen molar-refractivity contribution in [1.82, 2.24) is 10.2 Å². The molecule has 1 aromatic heterocycles. The van der Waals surface area contributed by atoms with Crippen molar-refractivity contribution in [3.63, 3.8) is 0 Å². The van der Waals surface area contributed by atoms with Gasteiger partial charge in [-0.3, -0.25) is 9.59 Å². The molecule has 0 aliphatic carbocycles. The lowest BCUT2D eigenvalue weighted by Crippen LogP contribution is -2.30. The van der Waals surface area contributed by atoms with E-state index in [2.05, 4.69) is 10.2 Å². The Hall–Kier alpha value is -1.30. The van der Waals surface area contributed by atoms with Gasteiger partial charge in [-0.05, 0) is 0 Å². The van der Waals surface area contributed by atoms with Crippen LogP contribution in [0.4, 0.5) is 5.13 Å². The minimum absolute atomic E-state index is 0.126. The van der Waals surface area contributed by atoms with Crippen LogP contribution in [0.5, 0.6) is 0 Å². The van der Waals surface area contributed by atoms with E-state index < -0.39 is 0 Å². The molecule has 0 aromatic carbocycles. The van der Waals surface area contributed by atoms with E-state index in [9.17, 15) is 9.59 Å². The summed E-state index contributed by atoms with van der Waals surface area (Å²) in [7, 11) is 0. The molecule has 5 nitrogen and oxygen atoms in total. The van der Waals surface area contributed by atoms with Crippen molar-refractivity contribution >= 4 is 28.3 Å². The third-order valence-electron chi connectivity index (χ3n) is 3.22. The van der Waals surface area contributed by atoms with Gasteiger partial charge < -0.3 is 0 Å². The van der Waals surface area contributed by atoms with Gasteiger partial charge in [-0.15, -0.1) is 10.2 Å². The van der Waals surface area contributed by atoms with Crippen molar-refractivity contribution in [2.75, 3.05) is 4.90 Å². The lowest BCUT2D eigenvalue weighted by molar-refractivity contribution is -0.122. The summed E-state index contributed by atoms with van der Waals surface area (Å²) in [6.07, 6.45) is 0. The monoisotopic (exact) mass is 267 g/mol. The lowest BCUT2D eigenvalue weighted by atomic mass is 9.98. The molecular weight excluding hydrogens is 250 g/mol. The Kier molecular flexibility index (Phi) is 3.01. The fourth-order valence-electron chi connectivity index (χ4n) is 1.74. The van der Waals surface area contributed by atoms with Crippen molar-refractivity contribution in [2.45, 2.75) is 40.0 Å². The van der Waals surface area contributed by atoms with Gasteiger partial charge in [-0.2, -0.15) is 0 Å². The molecule has 0 bridgehead atoms. The zero-order chi connectivity index (χ0) is 13.7. The fourth-order valence-corrected chi connectivity index (χ4v) is 2.65. The second-order valence-electron chi connectivity index (χ2n) is 5.73. The summed E-state index contributed by atoms with van der Waals surface area (Å²) in [4.78, 5) is 25.2. The summed E-state index contributed by atoms with van der Waals surface area (Å²) in [5.41, 5.74) is -0.126. The van der Waals surface area contributed by atoms with Crippen molar-refractivity contribution in [2.24, 2.45) is 11.8 Å². The zero-order valence-electron chi connectivity index (χ0n) is 11.2. The predicted octanol–water partition coefficient (Wildman–Crippen LogP) is 1.98. The molecule has 2 heterocycles. The maximum absolute atomic E-state index is 12.0. The van der Waals surface area contributed by atoms with Crippen LogP contribution >= 0.6 is 11.3 Å². The number of imide groups is 1. The Bertz CT molecular complexity index is 484. The molecule has 18 heavy (non-hydrogen) atoms. The van der Waals surface area contributed by atoms with E-state index in [4.69, 9.17) is 0 Å². The first kappa shape index (κ1) is 13.1. The van der Waals surface area contributed by atoms with E-state index in [-0.39, 0.29) is 29.1 Å². The molecule has 1 aliphatic rings. The van der Waals surface area contributed by atoms with Gasteiger partial charge in [0.05, 0.1) is 0 Å². The zero-order valence-corrected chi connectivity index (χ0v) is 12.0. The largest absolute Gasteiger partial charge is 0.274 e. The Morgan fingerprint density at radius 2 is 1.56 bits per heavy atom. The van der Waals surface area contributed by atoms with Crippen molar-refractivity contribution in [1.29, 1.82) is 0 Å². The minimum Gasteiger partial charge on any atom is -0.274 e. The molecule has 2 unspecified atom stereocenters. The Morgan fingerprint density at radius 1 is 1.06 bits per heavy atom. The maximum Gasteiger partial charge on any atom is 0.239 e. The van der Waals surface area contributed by atoms with E-state index in [1.807, 2.05) is 20.8 Å². The second kappa shape index (κ2) is 4.12. The standard InChI is InChI=1S/C12H17N3O2S/c1-6-7(2)9(17)15(8(6)16)11-14-13-10(18-11)12(3,4)5/h6-7H,1-5H3. The van der Waals surface area contributed by atoms with E-state index in [1.54, 1.807) is 13.8 Å². The average Bonchev–Trinajstić information content (AvgIpc) is 2.81. The van der Waals surface area contributed by atoms with Crippen molar-refractivity contribution < 1.29 is 9.59 Å². The molecule has 1 aliphatic heterocycles. The Morgan fingerprint density at radius 3 is 1.94 bits per heavy atom. The quantitative estimate of drug-likeness (QED) is 0.730. The number of rotatable bonds is 1. The molecule has 0 N–H and O–H groups in total. The van der Waals surface area contributed by atoms with Crippen LogP contribution in [0.1, 0.15) is 39.6 Å². The van der Waals surface area contributed by atoms with Gasteiger partial charge in [-0.25, -0.2) is 4.90 Å². The van der Waals surface area contributed by atoms with Gasteiger partial charge in [0, 0.05) is 17.3 Å². The van der Waals surface area contributed by atoms with E-state index >= 15 is 0 Å². The topological polar surface area (TPSA) is 63.2 Å². The number of carbonyl (C=O) groups is 2. The number of amides is 2. The number of carbonyl (C=O) groups excluding carboxylic acids is 2. The third-order valence-corrected chi connectivity index (χ3v) is 4.55. The summed E-state index contributed by atoms with van der Waals surface area (Å²) in [5.74, 6) is -0.910. The lowest BCUT2D eigenvalue weighted by Gasteiger charge is -2.13. The number of hydrogen-bond acceptors (Lipinski definition) is 5. The summed E-state index contributed by atoms with van der Waals surface area (Å²) >= 11 is 1.31. The van der Waals surface area contributed by atoms with Gasteiger partial charge in [0.2, 0.25) is 16.9 Å². The van der Waals surface area contributed by atoms with Crippen LogP contribution in [-0.4, -0.2) is 22.0 Å². The van der Waals surface area contributed by atoms with Gasteiger partial charge in [-0.1, -0.05) is 46.0 Å². The van der Waals surface area contributed by atoms with Gasteiger partial charge in [0.15, 0.2) is 0 Å². The van der Waals surface area contributed by atoms with Crippen LogP contribution in [0.3, 0.4) is 0 Å². The SMILES string of the molecule is CC1C(=O)N(c2nnc(C(C)(C)C)s2)C(=O)C1C. The Balaban J connectivity index is 2.36. The molecule has 2 amide bonds. The number of nitrogens with zero attached hydrogens (tertiary/aromatic N) is 3. The highest BCUT2D eigenvalue weighted by Crippen LogP contribution is 2.35. The molecule has 6 heteroatoms. The molecule has 1 fully saturated rings. The number of aromatic nitrogens is 2. The normalized spacial score (nSPS) is 25.1. The molecule has 2 atom stereocenters. The molecule has 98 valence electrons. The first-order valence-corrected chi connectivity index (χ1v) is 6.77. The molecule has 1 aromatic rings. The highest BCUT2D eigenvalue weighted by Gasteiger charge is 2.44. The van der Waals surface area contributed by atoms with Crippen LogP contribution in [0.25, 0.3) is 0 Å². The average molecular weight is 267 g/mol. The van der Waals surface area contributed by atoms with Crippen molar-refractivity contribution in [3.8, 4) is 0 Å². The fraction of sp³-hybridized carbons (Fsp3) is 0.667. The predicted molar refractivity (Wildman–Crippen MR) is 69.4 cm³/mol. The summed E-state index contributed by atoms with van der Waals surface area (Å²) < 4.78 is 0. The molecule has 0 spiro atoms. The van der Waals surface area contributed by atoms with E-state index in [1.165, 1.54) is 16.2 Å². The summed E-state index contributed by atoms with van der Waals surface area (Å²) in [6, 6.07) is 0. The first-order chi connectivity index (χ1) is 8.23. The van der Waals surface area contributed by atoms with Crippen LogP contribution < -0.4 is 4.90 Å². The molecule has 0 radical (unpaired) electrons. The van der Waals surface area contributed by atoms with E-state index in [0.717, 1.165) is 5.01 Å². The van der Waals surface area contributed by atoms with Crippen LogP contribution in [0.2, 0.25) is 0 Å². The van der Waals surface area contributed by atoms with Crippen LogP contribution in [0.15, 0.2) is 0 Å². The van der Waals surface area contributed by atoms with Gasteiger partial charge >= 0.3 is 0 Å². The molecule has 0 saturated carbocycles. The number of hydrogen-bond donors (Lipinski definition) is 0. The third kappa shape index (κ3) is 1.94. The maximum atomic E-state index is 12.0. The van der Waals surface area contributed by atoms with Crippen LogP contribution in [0, 0.1) is 11.8 Å².